The molecule has 1 atom stereocenters. The standard InChI is InChI=1S/C22H22N2O/c1-14-11-16-13-24-10-4-6-17(24)12-19(16)22(23-14)21-18-7-3-2-5-15(18)8-9-20(21)25/h2-3,5,7-9,11,17,25H,4,6,10,12-13H2,1H3/t17-/m0/s1. The first-order valence-electron chi connectivity index (χ1n) is 9.15. The highest BCUT2D eigenvalue weighted by atomic mass is 16.3. The van der Waals surface area contributed by atoms with Crippen molar-refractivity contribution >= 4 is 10.8 Å². The highest BCUT2D eigenvalue weighted by Gasteiger charge is 2.32. The molecule has 25 heavy (non-hydrogen) atoms. The summed E-state index contributed by atoms with van der Waals surface area (Å²) in [5, 5.41) is 12.9. The molecule has 3 nitrogen and oxygen atoms in total. The van der Waals surface area contributed by atoms with Crippen LogP contribution in [0.5, 0.6) is 5.75 Å². The van der Waals surface area contributed by atoms with Crippen LogP contribution in [0, 0.1) is 6.92 Å². The third-order valence-corrected chi connectivity index (χ3v) is 5.80. The third-order valence-electron chi connectivity index (χ3n) is 5.80. The predicted molar refractivity (Wildman–Crippen MR) is 101 cm³/mol. The first-order valence-corrected chi connectivity index (χ1v) is 9.15. The molecule has 2 aromatic carbocycles. The Kier molecular flexibility index (Phi) is 3.32. The molecule has 1 N–H and O–H groups in total. The van der Waals surface area contributed by atoms with E-state index in [-0.39, 0.29) is 0 Å². The fraction of sp³-hybridized carbons (Fsp3) is 0.318. The molecule has 0 radical (unpaired) electrons. The Labute approximate surface area is 147 Å². The SMILES string of the molecule is Cc1cc2c(c(-c3c(O)ccc4ccccc34)n1)C[C@@H]1CCCN1C2. The molecule has 0 unspecified atom stereocenters. The Morgan fingerprint density at radius 3 is 2.96 bits per heavy atom. The second kappa shape index (κ2) is 5.57. The highest BCUT2D eigenvalue weighted by molar-refractivity contribution is 5.99. The van der Waals surface area contributed by atoms with E-state index in [0.717, 1.165) is 40.7 Å². The van der Waals surface area contributed by atoms with E-state index in [1.54, 1.807) is 6.07 Å². The average molecular weight is 330 g/mol. The zero-order valence-corrected chi connectivity index (χ0v) is 14.5. The molecule has 0 bridgehead atoms. The van der Waals surface area contributed by atoms with Crippen molar-refractivity contribution < 1.29 is 5.11 Å². The molecule has 2 aliphatic rings. The van der Waals surface area contributed by atoms with Crippen LogP contribution in [0.3, 0.4) is 0 Å². The normalized spacial score (nSPS) is 19.8. The number of benzene rings is 2. The summed E-state index contributed by atoms with van der Waals surface area (Å²) in [6, 6.07) is 14.9. The molecule has 0 amide bonds. The number of rotatable bonds is 1. The van der Waals surface area contributed by atoms with E-state index in [2.05, 4.69) is 30.0 Å². The molecule has 5 rings (SSSR count). The van der Waals surface area contributed by atoms with Gasteiger partial charge in [0.05, 0.1) is 11.3 Å². The van der Waals surface area contributed by atoms with E-state index >= 15 is 0 Å². The first kappa shape index (κ1) is 14.9. The molecule has 3 heterocycles. The lowest BCUT2D eigenvalue weighted by molar-refractivity contribution is 0.227. The number of pyridine rings is 1. The molecular weight excluding hydrogens is 308 g/mol. The van der Waals surface area contributed by atoms with Gasteiger partial charge in [-0.1, -0.05) is 30.3 Å². The van der Waals surface area contributed by atoms with Crippen molar-refractivity contribution in [2.45, 2.75) is 38.8 Å². The lowest BCUT2D eigenvalue weighted by Crippen LogP contribution is -2.35. The van der Waals surface area contributed by atoms with Crippen LogP contribution in [0.1, 0.15) is 29.7 Å². The van der Waals surface area contributed by atoms with Crippen molar-refractivity contribution in [1.29, 1.82) is 0 Å². The Morgan fingerprint density at radius 2 is 2.04 bits per heavy atom. The summed E-state index contributed by atoms with van der Waals surface area (Å²) >= 11 is 0. The van der Waals surface area contributed by atoms with Crippen LogP contribution in [0.4, 0.5) is 0 Å². The summed E-state index contributed by atoms with van der Waals surface area (Å²) in [7, 11) is 0. The van der Waals surface area contributed by atoms with Gasteiger partial charge in [0.15, 0.2) is 0 Å². The number of aromatic hydroxyl groups is 1. The van der Waals surface area contributed by atoms with E-state index in [1.807, 2.05) is 18.2 Å². The van der Waals surface area contributed by atoms with E-state index in [1.165, 1.54) is 30.5 Å². The fourth-order valence-corrected chi connectivity index (χ4v) is 4.64. The van der Waals surface area contributed by atoms with Gasteiger partial charge in [0.2, 0.25) is 0 Å². The maximum absolute atomic E-state index is 10.7. The summed E-state index contributed by atoms with van der Waals surface area (Å²) in [4.78, 5) is 7.51. The van der Waals surface area contributed by atoms with E-state index < -0.39 is 0 Å². The van der Waals surface area contributed by atoms with Gasteiger partial charge in [-0.3, -0.25) is 9.88 Å². The summed E-state index contributed by atoms with van der Waals surface area (Å²) in [5.41, 5.74) is 5.62. The molecule has 126 valence electrons. The number of phenols is 1. The van der Waals surface area contributed by atoms with Crippen molar-refractivity contribution in [3.63, 3.8) is 0 Å². The smallest absolute Gasteiger partial charge is 0.125 e. The topological polar surface area (TPSA) is 36.4 Å². The predicted octanol–water partition coefficient (Wildman–Crippen LogP) is 4.44. The second-order valence-corrected chi connectivity index (χ2v) is 7.40. The van der Waals surface area contributed by atoms with Crippen LogP contribution < -0.4 is 0 Å². The van der Waals surface area contributed by atoms with Crippen molar-refractivity contribution in [1.82, 2.24) is 9.88 Å². The maximum atomic E-state index is 10.7. The largest absolute Gasteiger partial charge is 0.507 e. The van der Waals surface area contributed by atoms with Gasteiger partial charge in [0.1, 0.15) is 5.75 Å². The van der Waals surface area contributed by atoms with Crippen molar-refractivity contribution in [3.8, 4) is 17.0 Å². The van der Waals surface area contributed by atoms with Gasteiger partial charge in [0, 0.05) is 18.3 Å². The van der Waals surface area contributed by atoms with Gasteiger partial charge >= 0.3 is 0 Å². The molecule has 0 saturated carbocycles. The second-order valence-electron chi connectivity index (χ2n) is 7.40. The molecule has 0 spiro atoms. The maximum Gasteiger partial charge on any atom is 0.125 e. The fourth-order valence-electron chi connectivity index (χ4n) is 4.64. The summed E-state index contributed by atoms with van der Waals surface area (Å²) in [6.07, 6.45) is 3.61. The van der Waals surface area contributed by atoms with Crippen molar-refractivity contribution in [3.05, 3.63) is 59.3 Å². The van der Waals surface area contributed by atoms with Gasteiger partial charge in [-0.2, -0.15) is 0 Å². The van der Waals surface area contributed by atoms with Crippen LogP contribution >= 0.6 is 0 Å². The Morgan fingerprint density at radius 1 is 1.16 bits per heavy atom. The Hall–Kier alpha value is -2.39. The van der Waals surface area contributed by atoms with Crippen molar-refractivity contribution in [2.24, 2.45) is 0 Å². The quantitative estimate of drug-likeness (QED) is 0.717. The Bertz CT molecular complexity index is 979. The monoisotopic (exact) mass is 330 g/mol. The third kappa shape index (κ3) is 2.34. The molecule has 1 aromatic heterocycles. The summed E-state index contributed by atoms with van der Waals surface area (Å²) < 4.78 is 0. The number of phenolic OH excluding ortho intramolecular Hbond substituents is 1. The number of hydrogen-bond acceptors (Lipinski definition) is 3. The summed E-state index contributed by atoms with van der Waals surface area (Å²) in [5.74, 6) is 0.327. The van der Waals surface area contributed by atoms with Crippen LogP contribution in [-0.2, 0) is 13.0 Å². The average Bonchev–Trinajstić information content (AvgIpc) is 3.06. The van der Waals surface area contributed by atoms with Crippen LogP contribution in [0.25, 0.3) is 22.0 Å². The minimum Gasteiger partial charge on any atom is -0.507 e. The number of nitrogens with zero attached hydrogens (tertiary/aromatic N) is 2. The molecule has 3 aromatic rings. The number of aromatic nitrogens is 1. The van der Waals surface area contributed by atoms with E-state index in [0.29, 0.717) is 11.8 Å². The number of fused-ring (bicyclic) bond motifs is 3. The van der Waals surface area contributed by atoms with Crippen LogP contribution in [-0.4, -0.2) is 27.6 Å². The number of hydrogen-bond donors (Lipinski definition) is 1. The lowest BCUT2D eigenvalue weighted by atomic mass is 9.88. The van der Waals surface area contributed by atoms with Crippen molar-refractivity contribution in [2.75, 3.05) is 6.54 Å². The van der Waals surface area contributed by atoms with Crippen LogP contribution in [0.15, 0.2) is 42.5 Å². The van der Waals surface area contributed by atoms with Crippen LogP contribution in [0.2, 0.25) is 0 Å². The van der Waals surface area contributed by atoms with Gasteiger partial charge < -0.3 is 5.11 Å². The zero-order chi connectivity index (χ0) is 17.0. The molecule has 2 aliphatic heterocycles. The minimum absolute atomic E-state index is 0.327. The van der Waals surface area contributed by atoms with Gasteiger partial charge in [0.25, 0.3) is 0 Å². The highest BCUT2D eigenvalue weighted by Crippen LogP contribution is 2.41. The number of aryl methyl sites for hydroxylation is 1. The molecular formula is C22H22N2O. The van der Waals surface area contributed by atoms with Gasteiger partial charge in [-0.15, -0.1) is 0 Å². The first-order chi connectivity index (χ1) is 12.2. The summed E-state index contributed by atoms with van der Waals surface area (Å²) in [6.45, 7) is 4.28. The molecule has 1 saturated heterocycles. The minimum atomic E-state index is 0.327. The Balaban J connectivity index is 1.78. The van der Waals surface area contributed by atoms with Gasteiger partial charge in [-0.25, -0.2) is 0 Å². The van der Waals surface area contributed by atoms with Gasteiger partial charge in [-0.05, 0) is 66.8 Å². The molecule has 3 heteroatoms. The van der Waals surface area contributed by atoms with E-state index in [9.17, 15) is 5.11 Å². The molecule has 1 fully saturated rings. The zero-order valence-electron chi connectivity index (χ0n) is 14.5. The van der Waals surface area contributed by atoms with E-state index in [4.69, 9.17) is 4.98 Å². The lowest BCUT2D eigenvalue weighted by Gasteiger charge is -2.32. The molecule has 0 aliphatic carbocycles.